The fourth-order valence-corrected chi connectivity index (χ4v) is 1.33. The molecule has 0 radical (unpaired) electrons. The van der Waals surface area contributed by atoms with E-state index in [0.29, 0.717) is 12.2 Å². The first-order valence-electron chi connectivity index (χ1n) is 5.07. The number of hydrogen-bond acceptors (Lipinski definition) is 5. The van der Waals surface area contributed by atoms with Crippen LogP contribution >= 0.6 is 0 Å². The highest BCUT2D eigenvalue weighted by atomic mass is 16.5. The fraction of sp³-hybridized carbons (Fsp3) is 0.778. The van der Waals surface area contributed by atoms with E-state index >= 15 is 0 Å². The summed E-state index contributed by atoms with van der Waals surface area (Å²) in [5, 5.41) is 19.8. The number of methoxy groups -OCH3 is 1. The molecule has 16 heavy (non-hydrogen) atoms. The Bertz CT molecular complexity index is 359. The Balaban J connectivity index is 2.88. The normalized spacial score (nSPS) is 14.7. The van der Waals surface area contributed by atoms with Crippen LogP contribution in [-0.2, 0) is 21.7 Å². The lowest BCUT2D eigenvalue weighted by atomic mass is 10.0. The number of carboxylic acids is 1. The van der Waals surface area contributed by atoms with Crippen LogP contribution in [0.25, 0.3) is 0 Å². The molecule has 0 aliphatic rings. The van der Waals surface area contributed by atoms with Crippen molar-refractivity contribution >= 4 is 5.97 Å². The number of rotatable bonds is 6. The van der Waals surface area contributed by atoms with Crippen molar-refractivity contribution in [2.45, 2.75) is 38.8 Å². The molecule has 7 nitrogen and oxygen atoms in total. The molecule has 1 rings (SSSR count). The van der Waals surface area contributed by atoms with E-state index in [2.05, 4.69) is 15.5 Å². The molecule has 1 unspecified atom stereocenters. The van der Waals surface area contributed by atoms with Gasteiger partial charge in [-0.15, -0.1) is 5.10 Å². The quantitative estimate of drug-likeness (QED) is 0.758. The molecule has 1 aromatic heterocycles. The number of tetrazole rings is 1. The molecule has 0 fully saturated rings. The Morgan fingerprint density at radius 3 is 2.81 bits per heavy atom. The molecule has 0 saturated carbocycles. The number of nitrogens with zero attached hydrogens (tertiary/aromatic N) is 4. The van der Waals surface area contributed by atoms with E-state index in [1.807, 2.05) is 13.8 Å². The van der Waals surface area contributed by atoms with Gasteiger partial charge < -0.3 is 9.84 Å². The smallest absolute Gasteiger partial charge is 0.305 e. The third-order valence-electron chi connectivity index (χ3n) is 2.67. The molecule has 0 spiro atoms. The molecule has 0 aliphatic carbocycles. The minimum Gasteiger partial charge on any atom is -0.481 e. The maximum Gasteiger partial charge on any atom is 0.305 e. The van der Waals surface area contributed by atoms with Crippen LogP contribution in [0.4, 0.5) is 0 Å². The summed E-state index contributed by atoms with van der Waals surface area (Å²) in [6.45, 7) is 4.08. The third-order valence-corrected chi connectivity index (χ3v) is 2.67. The summed E-state index contributed by atoms with van der Waals surface area (Å²) in [6.07, 6.45) is 0.693. The van der Waals surface area contributed by atoms with Gasteiger partial charge in [-0.25, -0.2) is 4.68 Å². The minimum atomic E-state index is -0.878. The van der Waals surface area contributed by atoms with Crippen molar-refractivity contribution in [3.05, 3.63) is 5.82 Å². The van der Waals surface area contributed by atoms with Crippen molar-refractivity contribution in [2.24, 2.45) is 0 Å². The van der Waals surface area contributed by atoms with Crippen molar-refractivity contribution in [3.8, 4) is 0 Å². The second-order valence-corrected chi connectivity index (χ2v) is 3.66. The predicted octanol–water partition coefficient (Wildman–Crippen LogP) is 0.419. The zero-order chi connectivity index (χ0) is 12.2. The van der Waals surface area contributed by atoms with Crippen LogP contribution in [0, 0.1) is 0 Å². The van der Waals surface area contributed by atoms with Crippen molar-refractivity contribution in [1.82, 2.24) is 20.2 Å². The molecule has 1 atom stereocenters. The highest BCUT2D eigenvalue weighted by Gasteiger charge is 2.30. The van der Waals surface area contributed by atoms with Gasteiger partial charge in [-0.05, 0) is 23.8 Å². The zero-order valence-corrected chi connectivity index (χ0v) is 9.67. The topological polar surface area (TPSA) is 90.1 Å². The maximum absolute atomic E-state index is 10.5. The van der Waals surface area contributed by atoms with E-state index in [1.54, 1.807) is 7.11 Å². The fourth-order valence-electron chi connectivity index (χ4n) is 1.33. The average molecular weight is 228 g/mol. The lowest BCUT2D eigenvalue weighted by molar-refractivity contribution is -0.137. The van der Waals surface area contributed by atoms with E-state index < -0.39 is 11.6 Å². The van der Waals surface area contributed by atoms with Gasteiger partial charge in [0.1, 0.15) is 5.60 Å². The standard InChI is InChI=1S/C9H16N4O3/c1-4-9(2,16-3)8-10-11-12-13(8)6-5-7(14)15/h4-6H2,1-3H3,(H,14,15). The van der Waals surface area contributed by atoms with E-state index in [1.165, 1.54) is 4.68 Å². The zero-order valence-electron chi connectivity index (χ0n) is 9.67. The second-order valence-electron chi connectivity index (χ2n) is 3.66. The monoisotopic (exact) mass is 228 g/mol. The Labute approximate surface area is 93.4 Å². The van der Waals surface area contributed by atoms with Gasteiger partial charge in [0.25, 0.3) is 0 Å². The first kappa shape index (κ1) is 12.6. The predicted molar refractivity (Wildman–Crippen MR) is 54.7 cm³/mol. The van der Waals surface area contributed by atoms with Crippen molar-refractivity contribution in [2.75, 3.05) is 7.11 Å². The molecule has 90 valence electrons. The van der Waals surface area contributed by atoms with Gasteiger partial charge >= 0.3 is 5.97 Å². The van der Waals surface area contributed by atoms with Crippen LogP contribution in [0.5, 0.6) is 0 Å². The van der Waals surface area contributed by atoms with E-state index in [0.717, 1.165) is 0 Å². The molecule has 1 N–H and O–H groups in total. The number of ether oxygens (including phenoxy) is 1. The van der Waals surface area contributed by atoms with Crippen LogP contribution in [0.2, 0.25) is 0 Å². The number of carboxylic acid groups (broad SMARTS) is 1. The van der Waals surface area contributed by atoms with Gasteiger partial charge in [-0.1, -0.05) is 6.92 Å². The van der Waals surface area contributed by atoms with E-state index in [4.69, 9.17) is 9.84 Å². The van der Waals surface area contributed by atoms with Crippen molar-refractivity contribution in [3.63, 3.8) is 0 Å². The number of aromatic nitrogens is 4. The first-order chi connectivity index (χ1) is 7.53. The maximum atomic E-state index is 10.5. The molecule has 0 saturated heterocycles. The first-order valence-corrected chi connectivity index (χ1v) is 5.07. The lowest BCUT2D eigenvalue weighted by Crippen LogP contribution is -2.28. The SMILES string of the molecule is CCC(C)(OC)c1nnnn1CCC(=O)O. The van der Waals surface area contributed by atoms with Gasteiger partial charge in [0.2, 0.25) is 0 Å². The molecular weight excluding hydrogens is 212 g/mol. The Morgan fingerprint density at radius 2 is 2.31 bits per heavy atom. The summed E-state index contributed by atoms with van der Waals surface area (Å²) in [7, 11) is 1.58. The van der Waals surface area contributed by atoms with E-state index in [-0.39, 0.29) is 13.0 Å². The van der Waals surface area contributed by atoms with Crippen LogP contribution in [0.15, 0.2) is 0 Å². The summed E-state index contributed by atoms with van der Waals surface area (Å²) in [6, 6.07) is 0. The molecule has 0 aromatic carbocycles. The van der Waals surface area contributed by atoms with Gasteiger partial charge in [0, 0.05) is 7.11 Å². The van der Waals surface area contributed by atoms with Gasteiger partial charge in [0.15, 0.2) is 5.82 Å². The second kappa shape index (κ2) is 5.02. The largest absolute Gasteiger partial charge is 0.481 e. The van der Waals surface area contributed by atoms with Crippen LogP contribution in [-0.4, -0.2) is 38.4 Å². The number of aliphatic carboxylic acids is 1. The Kier molecular flexibility index (Phi) is 3.94. The molecule has 0 bridgehead atoms. The van der Waals surface area contributed by atoms with Crippen molar-refractivity contribution in [1.29, 1.82) is 0 Å². The highest BCUT2D eigenvalue weighted by Crippen LogP contribution is 2.25. The summed E-state index contributed by atoms with van der Waals surface area (Å²) >= 11 is 0. The van der Waals surface area contributed by atoms with Crippen LogP contribution < -0.4 is 0 Å². The lowest BCUT2D eigenvalue weighted by Gasteiger charge is -2.24. The molecule has 1 heterocycles. The van der Waals surface area contributed by atoms with Gasteiger partial charge in [-0.3, -0.25) is 4.79 Å². The summed E-state index contributed by atoms with van der Waals surface area (Å²) in [4.78, 5) is 10.5. The highest BCUT2D eigenvalue weighted by molar-refractivity contribution is 5.66. The molecular formula is C9H16N4O3. The molecule has 1 aromatic rings. The van der Waals surface area contributed by atoms with Gasteiger partial charge in [-0.2, -0.15) is 0 Å². The molecule has 0 aliphatic heterocycles. The van der Waals surface area contributed by atoms with Crippen molar-refractivity contribution < 1.29 is 14.6 Å². The van der Waals surface area contributed by atoms with E-state index in [9.17, 15) is 4.79 Å². The summed E-state index contributed by atoms with van der Waals surface area (Å²) < 4.78 is 6.84. The Morgan fingerprint density at radius 1 is 1.62 bits per heavy atom. The summed E-state index contributed by atoms with van der Waals surface area (Å²) in [5.74, 6) is -0.323. The Hall–Kier alpha value is -1.50. The summed E-state index contributed by atoms with van der Waals surface area (Å²) in [5.41, 5.74) is -0.581. The minimum absolute atomic E-state index is 0.0124. The molecule has 0 amide bonds. The number of aryl methyl sites for hydroxylation is 1. The van der Waals surface area contributed by atoms with Gasteiger partial charge in [0.05, 0.1) is 13.0 Å². The van der Waals surface area contributed by atoms with Crippen LogP contribution in [0.3, 0.4) is 0 Å². The number of carbonyl (C=O) groups is 1. The molecule has 7 heteroatoms. The average Bonchev–Trinajstić information content (AvgIpc) is 2.74. The third kappa shape index (κ3) is 2.54. The number of hydrogen-bond donors (Lipinski definition) is 1. The van der Waals surface area contributed by atoms with Crippen LogP contribution in [0.1, 0.15) is 32.5 Å².